The number of hydrogen-bond acceptors (Lipinski definition) is 1. The van der Waals surface area contributed by atoms with E-state index in [1.165, 1.54) is 11.3 Å². The van der Waals surface area contributed by atoms with E-state index in [-0.39, 0.29) is 5.56 Å². The Morgan fingerprint density at radius 3 is 2.24 bits per heavy atom. The van der Waals surface area contributed by atoms with Crippen LogP contribution in [0.1, 0.15) is 16.0 Å². The lowest BCUT2D eigenvalue weighted by Crippen LogP contribution is -1.98. The van der Waals surface area contributed by atoms with Gasteiger partial charge in [-0.3, -0.25) is 0 Å². The summed E-state index contributed by atoms with van der Waals surface area (Å²) < 4.78 is 40.3. The summed E-state index contributed by atoms with van der Waals surface area (Å²) >= 11 is 8.00. The van der Waals surface area contributed by atoms with Crippen LogP contribution in [0, 0.1) is 17.5 Å². The Balaban J connectivity index is 2.43. The molecule has 0 amide bonds. The second-order valence-corrected chi connectivity index (χ2v) is 6.54. The highest BCUT2D eigenvalue weighted by Gasteiger charge is 2.19. The second-order valence-electron chi connectivity index (χ2n) is 3.33. The van der Waals surface area contributed by atoms with E-state index in [0.717, 1.165) is 15.4 Å². The summed E-state index contributed by atoms with van der Waals surface area (Å²) in [6.07, 6.45) is 0. The molecule has 0 aliphatic rings. The summed E-state index contributed by atoms with van der Waals surface area (Å²) in [5.41, 5.74) is 0.862. The molecule has 0 fully saturated rings. The third-order valence-corrected chi connectivity index (χ3v) is 4.74. The van der Waals surface area contributed by atoms with E-state index in [0.29, 0.717) is 6.07 Å². The molecule has 2 rings (SSSR count). The first-order valence-corrected chi connectivity index (χ1v) is 7.10. The fourth-order valence-corrected chi connectivity index (χ4v) is 3.36. The van der Waals surface area contributed by atoms with Crippen LogP contribution in [0.25, 0.3) is 0 Å². The predicted molar refractivity (Wildman–Crippen MR) is 69.1 cm³/mol. The molecule has 0 saturated heterocycles. The Hall–Kier alpha value is -0.330. The van der Waals surface area contributed by atoms with Crippen LogP contribution in [0.2, 0.25) is 0 Å². The molecule has 0 N–H and O–H groups in total. The number of benzene rings is 1. The van der Waals surface area contributed by atoms with Gasteiger partial charge in [-0.1, -0.05) is 15.9 Å². The summed E-state index contributed by atoms with van der Waals surface area (Å²) in [4.78, 5) is -0.500. The fourth-order valence-electron chi connectivity index (χ4n) is 1.37. The van der Waals surface area contributed by atoms with Gasteiger partial charge in [-0.25, -0.2) is 13.2 Å². The minimum absolute atomic E-state index is 0.0780. The third kappa shape index (κ3) is 2.74. The predicted octanol–water partition coefficient (Wildman–Crippen LogP) is 5.41. The van der Waals surface area contributed by atoms with E-state index < -0.39 is 22.3 Å². The molecular weight excluding hydrogens is 381 g/mol. The summed E-state index contributed by atoms with van der Waals surface area (Å²) in [5.74, 6) is -3.01. The van der Waals surface area contributed by atoms with Crippen LogP contribution < -0.4 is 0 Å². The average Bonchev–Trinajstić information content (AvgIpc) is 2.69. The van der Waals surface area contributed by atoms with Crippen LogP contribution in [-0.2, 0) is 0 Å². The molecule has 0 nitrogen and oxygen atoms in total. The van der Waals surface area contributed by atoms with Gasteiger partial charge >= 0.3 is 0 Å². The molecular formula is C11H5Br2F3S. The standard InChI is InChI=1S/C11H5Br2F3S/c12-10-1-5(4-17-10)11(13)6-2-8(15)9(16)3-7(6)14/h1-4,11H. The van der Waals surface area contributed by atoms with Crippen molar-refractivity contribution in [2.45, 2.75) is 4.83 Å². The Bertz CT molecular complexity index is 554. The smallest absolute Gasteiger partial charge is 0.161 e. The van der Waals surface area contributed by atoms with Crippen LogP contribution in [0.4, 0.5) is 13.2 Å². The molecule has 17 heavy (non-hydrogen) atoms. The summed E-state index contributed by atoms with van der Waals surface area (Å²) in [6.45, 7) is 0. The number of alkyl halides is 1. The monoisotopic (exact) mass is 384 g/mol. The third-order valence-electron chi connectivity index (χ3n) is 2.19. The van der Waals surface area contributed by atoms with Gasteiger partial charge in [-0.2, -0.15) is 0 Å². The lowest BCUT2D eigenvalue weighted by molar-refractivity contribution is 0.491. The highest BCUT2D eigenvalue weighted by Crippen LogP contribution is 2.36. The first kappa shape index (κ1) is 13.1. The summed E-state index contributed by atoms with van der Waals surface area (Å²) in [6, 6.07) is 3.22. The van der Waals surface area contributed by atoms with E-state index in [4.69, 9.17) is 0 Å². The Morgan fingerprint density at radius 1 is 1.00 bits per heavy atom. The molecule has 0 radical (unpaired) electrons. The van der Waals surface area contributed by atoms with Crippen LogP contribution in [0.5, 0.6) is 0 Å². The molecule has 2 aromatic rings. The average molecular weight is 386 g/mol. The molecule has 6 heteroatoms. The van der Waals surface area contributed by atoms with Gasteiger partial charge in [-0.05, 0) is 39.0 Å². The number of hydrogen-bond donors (Lipinski definition) is 0. The van der Waals surface area contributed by atoms with E-state index >= 15 is 0 Å². The molecule has 0 spiro atoms. The summed E-state index contributed by atoms with van der Waals surface area (Å²) in [5, 5.41) is 1.81. The van der Waals surface area contributed by atoms with Gasteiger partial charge in [0.25, 0.3) is 0 Å². The molecule has 1 unspecified atom stereocenters. The minimum Gasteiger partial charge on any atom is -0.207 e. The zero-order chi connectivity index (χ0) is 12.6. The van der Waals surface area contributed by atoms with Gasteiger partial charge in [0.15, 0.2) is 11.6 Å². The summed E-state index contributed by atoms with van der Waals surface area (Å²) in [7, 11) is 0. The van der Waals surface area contributed by atoms with Crippen molar-refractivity contribution >= 4 is 43.2 Å². The molecule has 90 valence electrons. The Labute approximate surface area is 117 Å². The maximum absolute atomic E-state index is 13.5. The van der Waals surface area contributed by atoms with Gasteiger partial charge in [0.1, 0.15) is 5.82 Å². The molecule has 1 heterocycles. The van der Waals surface area contributed by atoms with Crippen molar-refractivity contribution in [3.05, 3.63) is 55.9 Å². The van der Waals surface area contributed by atoms with Crippen LogP contribution >= 0.6 is 43.2 Å². The van der Waals surface area contributed by atoms with E-state index in [2.05, 4.69) is 31.9 Å². The number of rotatable bonds is 2. The van der Waals surface area contributed by atoms with Crippen molar-refractivity contribution < 1.29 is 13.2 Å². The maximum atomic E-state index is 13.5. The van der Waals surface area contributed by atoms with Crippen LogP contribution in [-0.4, -0.2) is 0 Å². The maximum Gasteiger partial charge on any atom is 0.161 e. The van der Waals surface area contributed by atoms with Crippen molar-refractivity contribution in [2.75, 3.05) is 0 Å². The molecule has 0 bridgehead atoms. The highest BCUT2D eigenvalue weighted by atomic mass is 79.9. The first-order valence-electron chi connectivity index (χ1n) is 4.51. The van der Waals surface area contributed by atoms with Gasteiger partial charge in [0.05, 0.1) is 8.61 Å². The Morgan fingerprint density at radius 2 is 1.65 bits per heavy atom. The van der Waals surface area contributed by atoms with Crippen molar-refractivity contribution in [1.82, 2.24) is 0 Å². The topological polar surface area (TPSA) is 0 Å². The lowest BCUT2D eigenvalue weighted by Gasteiger charge is -2.10. The van der Waals surface area contributed by atoms with Gasteiger partial charge in [0.2, 0.25) is 0 Å². The molecule has 1 aromatic heterocycles. The van der Waals surface area contributed by atoms with Crippen molar-refractivity contribution in [1.29, 1.82) is 0 Å². The van der Waals surface area contributed by atoms with Crippen molar-refractivity contribution in [3.63, 3.8) is 0 Å². The Kier molecular flexibility index (Phi) is 3.95. The van der Waals surface area contributed by atoms with Gasteiger partial charge in [-0.15, -0.1) is 11.3 Å². The van der Waals surface area contributed by atoms with E-state index in [1.807, 2.05) is 5.38 Å². The molecule has 0 saturated carbocycles. The molecule has 1 atom stereocenters. The second kappa shape index (κ2) is 5.12. The molecule has 0 aliphatic carbocycles. The van der Waals surface area contributed by atoms with Gasteiger partial charge < -0.3 is 0 Å². The SMILES string of the molecule is Fc1cc(F)c(C(Br)c2csc(Br)c2)cc1F. The zero-order valence-corrected chi connectivity index (χ0v) is 12.2. The lowest BCUT2D eigenvalue weighted by atomic mass is 10.1. The van der Waals surface area contributed by atoms with Crippen molar-refractivity contribution in [3.8, 4) is 0 Å². The van der Waals surface area contributed by atoms with E-state index in [9.17, 15) is 13.2 Å². The van der Waals surface area contributed by atoms with Crippen LogP contribution in [0.3, 0.4) is 0 Å². The number of halogens is 5. The van der Waals surface area contributed by atoms with E-state index in [1.54, 1.807) is 6.07 Å². The molecule has 0 aliphatic heterocycles. The van der Waals surface area contributed by atoms with Crippen molar-refractivity contribution in [2.24, 2.45) is 0 Å². The fraction of sp³-hybridized carbons (Fsp3) is 0.0909. The molecule has 1 aromatic carbocycles. The first-order chi connectivity index (χ1) is 7.99. The normalized spacial score (nSPS) is 12.8. The minimum atomic E-state index is -1.18. The highest BCUT2D eigenvalue weighted by molar-refractivity contribution is 9.11. The largest absolute Gasteiger partial charge is 0.207 e. The number of thiophene rings is 1. The van der Waals surface area contributed by atoms with Crippen LogP contribution in [0.15, 0.2) is 27.4 Å². The quantitative estimate of drug-likeness (QED) is 0.478. The van der Waals surface area contributed by atoms with Gasteiger partial charge in [0, 0.05) is 11.6 Å². The zero-order valence-electron chi connectivity index (χ0n) is 8.18.